The average molecular weight is 336 g/mol. The highest BCUT2D eigenvalue weighted by atomic mass is 15.1. The first-order valence-corrected chi connectivity index (χ1v) is 8.71. The minimum Gasteiger partial charge on any atom is -0.327 e. The van der Waals surface area contributed by atoms with Gasteiger partial charge < -0.3 is 4.57 Å². The molecule has 0 radical (unpaired) electrons. The van der Waals surface area contributed by atoms with Gasteiger partial charge in [-0.3, -0.25) is 0 Å². The van der Waals surface area contributed by atoms with Crippen LogP contribution in [0.2, 0.25) is 0 Å². The van der Waals surface area contributed by atoms with Crippen molar-refractivity contribution >= 4 is 5.57 Å². The molecule has 0 spiro atoms. The number of hydrogen-bond acceptors (Lipinski definition) is 1. The van der Waals surface area contributed by atoms with Gasteiger partial charge in [0, 0.05) is 24.5 Å². The quantitative estimate of drug-likeness (QED) is 0.460. The molecule has 4 aromatic rings. The van der Waals surface area contributed by atoms with Crippen molar-refractivity contribution in [2.75, 3.05) is 0 Å². The van der Waals surface area contributed by atoms with Crippen molar-refractivity contribution in [1.82, 2.24) is 9.55 Å². The molecule has 0 saturated heterocycles. The third kappa shape index (κ3) is 3.35. The Morgan fingerprint density at radius 1 is 0.808 bits per heavy atom. The fourth-order valence-electron chi connectivity index (χ4n) is 3.13. The zero-order chi connectivity index (χ0) is 17.8. The van der Waals surface area contributed by atoms with E-state index in [-0.39, 0.29) is 0 Å². The molecule has 26 heavy (non-hydrogen) atoms. The Hall–Kier alpha value is -3.39. The second-order valence-electron chi connectivity index (χ2n) is 6.29. The highest BCUT2D eigenvalue weighted by molar-refractivity contribution is 5.78. The van der Waals surface area contributed by atoms with Gasteiger partial charge in [0.15, 0.2) is 0 Å². The molecule has 0 atom stereocenters. The van der Waals surface area contributed by atoms with E-state index in [1.54, 1.807) is 0 Å². The summed E-state index contributed by atoms with van der Waals surface area (Å²) in [7, 11) is 0. The fourth-order valence-corrected chi connectivity index (χ4v) is 3.13. The van der Waals surface area contributed by atoms with Gasteiger partial charge in [-0.05, 0) is 28.3 Å². The Balaban J connectivity index is 1.64. The van der Waals surface area contributed by atoms with E-state index >= 15 is 0 Å². The Morgan fingerprint density at radius 3 is 2.27 bits per heavy atom. The minimum absolute atomic E-state index is 0.785. The van der Waals surface area contributed by atoms with Gasteiger partial charge >= 0.3 is 0 Å². The van der Waals surface area contributed by atoms with Gasteiger partial charge in [-0.25, -0.2) is 4.98 Å². The van der Waals surface area contributed by atoms with Crippen LogP contribution < -0.4 is 0 Å². The lowest BCUT2D eigenvalue weighted by Gasteiger charge is -2.12. The molecule has 0 fully saturated rings. The molecule has 0 amide bonds. The number of benzene rings is 3. The standard InChI is InChI=1S/C24H20N2/c1-19(22-13-8-14-23(17-22)21-11-6-3-7-12-21)24-25-15-16-26(24)18-20-9-4-2-5-10-20/h2-17H,1,18H2. The molecule has 0 unspecified atom stereocenters. The minimum atomic E-state index is 0.785. The van der Waals surface area contributed by atoms with Crippen molar-refractivity contribution in [3.05, 3.63) is 121 Å². The van der Waals surface area contributed by atoms with Crippen LogP contribution in [0, 0.1) is 0 Å². The topological polar surface area (TPSA) is 17.8 Å². The Labute approximate surface area is 154 Å². The van der Waals surface area contributed by atoms with E-state index in [0.717, 1.165) is 23.5 Å². The van der Waals surface area contributed by atoms with Crippen molar-refractivity contribution in [1.29, 1.82) is 0 Å². The highest BCUT2D eigenvalue weighted by Gasteiger charge is 2.10. The van der Waals surface area contributed by atoms with Gasteiger partial charge in [-0.1, -0.05) is 85.4 Å². The van der Waals surface area contributed by atoms with Crippen molar-refractivity contribution in [3.8, 4) is 11.1 Å². The smallest absolute Gasteiger partial charge is 0.140 e. The molecule has 0 aliphatic carbocycles. The number of imidazole rings is 1. The van der Waals surface area contributed by atoms with E-state index in [0.29, 0.717) is 0 Å². The van der Waals surface area contributed by atoms with Crippen LogP contribution in [0.5, 0.6) is 0 Å². The maximum absolute atomic E-state index is 4.55. The van der Waals surface area contributed by atoms with Gasteiger partial charge in [0.2, 0.25) is 0 Å². The molecule has 2 nitrogen and oxygen atoms in total. The zero-order valence-corrected chi connectivity index (χ0v) is 14.5. The van der Waals surface area contributed by atoms with Crippen LogP contribution in [0.3, 0.4) is 0 Å². The molecule has 3 aromatic carbocycles. The molecule has 0 aliphatic heterocycles. The third-order valence-corrected chi connectivity index (χ3v) is 4.50. The van der Waals surface area contributed by atoms with Crippen molar-refractivity contribution < 1.29 is 0 Å². The lowest BCUT2D eigenvalue weighted by Crippen LogP contribution is -2.04. The molecular weight excluding hydrogens is 316 g/mol. The highest BCUT2D eigenvalue weighted by Crippen LogP contribution is 2.26. The van der Waals surface area contributed by atoms with E-state index in [1.807, 2.05) is 24.5 Å². The average Bonchev–Trinajstić information content (AvgIpc) is 3.17. The lowest BCUT2D eigenvalue weighted by molar-refractivity contribution is 0.783. The van der Waals surface area contributed by atoms with Crippen LogP contribution in [-0.2, 0) is 6.54 Å². The van der Waals surface area contributed by atoms with Crippen LogP contribution in [0.1, 0.15) is 17.0 Å². The molecule has 0 bridgehead atoms. The van der Waals surface area contributed by atoms with E-state index in [4.69, 9.17) is 0 Å². The first-order chi connectivity index (χ1) is 12.8. The summed E-state index contributed by atoms with van der Waals surface area (Å²) in [6.07, 6.45) is 3.85. The maximum atomic E-state index is 4.55. The zero-order valence-electron chi connectivity index (χ0n) is 14.5. The number of nitrogens with zero attached hydrogens (tertiary/aromatic N) is 2. The summed E-state index contributed by atoms with van der Waals surface area (Å²) in [6, 6.07) is 29.3. The van der Waals surface area contributed by atoms with Gasteiger partial charge in [-0.15, -0.1) is 0 Å². The molecule has 0 N–H and O–H groups in total. The molecule has 1 aromatic heterocycles. The predicted molar refractivity (Wildman–Crippen MR) is 108 cm³/mol. The van der Waals surface area contributed by atoms with Gasteiger partial charge in [0.05, 0.1) is 0 Å². The Bertz CT molecular complexity index is 1010. The number of rotatable bonds is 5. The van der Waals surface area contributed by atoms with Gasteiger partial charge in [0.25, 0.3) is 0 Å². The number of hydrogen-bond donors (Lipinski definition) is 0. The Morgan fingerprint density at radius 2 is 1.50 bits per heavy atom. The first kappa shape index (κ1) is 16.1. The molecule has 0 aliphatic rings. The molecule has 2 heteroatoms. The van der Waals surface area contributed by atoms with E-state index in [1.165, 1.54) is 16.7 Å². The third-order valence-electron chi connectivity index (χ3n) is 4.50. The second-order valence-corrected chi connectivity index (χ2v) is 6.29. The molecule has 0 saturated carbocycles. The Kier molecular flexibility index (Phi) is 4.48. The monoisotopic (exact) mass is 336 g/mol. The SMILES string of the molecule is C=C(c1cccc(-c2ccccc2)c1)c1nccn1Cc1ccccc1. The lowest BCUT2D eigenvalue weighted by atomic mass is 9.99. The van der Waals surface area contributed by atoms with E-state index in [2.05, 4.69) is 88.9 Å². The van der Waals surface area contributed by atoms with Crippen molar-refractivity contribution in [3.63, 3.8) is 0 Å². The predicted octanol–water partition coefficient (Wildman–Crippen LogP) is 5.66. The normalized spacial score (nSPS) is 10.6. The van der Waals surface area contributed by atoms with Crippen LogP contribution >= 0.6 is 0 Å². The fraction of sp³-hybridized carbons (Fsp3) is 0.0417. The summed E-state index contributed by atoms with van der Waals surface area (Å²) in [5, 5.41) is 0. The molecule has 126 valence electrons. The number of aromatic nitrogens is 2. The summed E-state index contributed by atoms with van der Waals surface area (Å²) in [6.45, 7) is 5.11. The molecule has 1 heterocycles. The van der Waals surface area contributed by atoms with Crippen LogP contribution in [0.15, 0.2) is 104 Å². The van der Waals surface area contributed by atoms with Crippen LogP contribution in [-0.4, -0.2) is 9.55 Å². The largest absolute Gasteiger partial charge is 0.327 e. The first-order valence-electron chi connectivity index (χ1n) is 8.71. The van der Waals surface area contributed by atoms with Crippen molar-refractivity contribution in [2.45, 2.75) is 6.54 Å². The summed E-state index contributed by atoms with van der Waals surface area (Å²) >= 11 is 0. The van der Waals surface area contributed by atoms with Crippen LogP contribution in [0.4, 0.5) is 0 Å². The van der Waals surface area contributed by atoms with E-state index in [9.17, 15) is 0 Å². The second kappa shape index (κ2) is 7.24. The summed E-state index contributed by atoms with van der Waals surface area (Å²) in [5.41, 5.74) is 5.66. The van der Waals surface area contributed by atoms with E-state index < -0.39 is 0 Å². The molecule has 4 rings (SSSR count). The summed E-state index contributed by atoms with van der Waals surface area (Å²) < 4.78 is 2.15. The maximum Gasteiger partial charge on any atom is 0.140 e. The molecular formula is C24H20N2. The summed E-state index contributed by atoms with van der Waals surface area (Å²) in [4.78, 5) is 4.55. The van der Waals surface area contributed by atoms with Crippen LogP contribution in [0.25, 0.3) is 16.7 Å². The summed E-state index contributed by atoms with van der Waals surface area (Å²) in [5.74, 6) is 0.902. The van der Waals surface area contributed by atoms with Crippen molar-refractivity contribution in [2.24, 2.45) is 0 Å². The van der Waals surface area contributed by atoms with Gasteiger partial charge in [-0.2, -0.15) is 0 Å². The van der Waals surface area contributed by atoms with Gasteiger partial charge in [0.1, 0.15) is 5.82 Å².